The van der Waals surface area contributed by atoms with Gasteiger partial charge in [0.1, 0.15) is 18.2 Å². The van der Waals surface area contributed by atoms with Crippen molar-refractivity contribution in [3.05, 3.63) is 63.3 Å². The molecule has 0 radical (unpaired) electrons. The van der Waals surface area contributed by atoms with Crippen molar-refractivity contribution in [2.24, 2.45) is 0 Å². The van der Waals surface area contributed by atoms with Gasteiger partial charge in [-0.15, -0.1) is 0 Å². The van der Waals surface area contributed by atoms with E-state index in [2.05, 4.69) is 20.8 Å². The van der Waals surface area contributed by atoms with Gasteiger partial charge in [-0.3, -0.25) is 9.69 Å². The van der Waals surface area contributed by atoms with Gasteiger partial charge in [-0.1, -0.05) is 28.1 Å². The van der Waals surface area contributed by atoms with Crippen LogP contribution < -0.4 is 9.47 Å². The summed E-state index contributed by atoms with van der Waals surface area (Å²) >= 11 is 3.42. The summed E-state index contributed by atoms with van der Waals surface area (Å²) in [6, 6.07) is 11.4. The van der Waals surface area contributed by atoms with E-state index in [1.165, 1.54) is 0 Å². The maximum atomic E-state index is 12.8. The number of benzene rings is 2. The fraction of sp³-hybridized carbons (Fsp3) is 0.318. The van der Waals surface area contributed by atoms with Crippen molar-refractivity contribution in [3.8, 4) is 11.5 Å². The summed E-state index contributed by atoms with van der Waals surface area (Å²) in [5.41, 5.74) is 2.46. The molecule has 0 bridgehead atoms. The molecule has 3 aliphatic rings. The SMILES string of the molecule is O=C1/C(=C/c2ccc(Br)cc2)Oc2c1ccc1c2CN(CC2CCCO2)CO1. The van der Waals surface area contributed by atoms with E-state index in [4.69, 9.17) is 14.2 Å². The Hall–Kier alpha value is -2.15. The van der Waals surface area contributed by atoms with Crippen LogP contribution in [0.1, 0.15) is 34.3 Å². The third-order valence-electron chi connectivity index (χ3n) is 5.34. The van der Waals surface area contributed by atoms with Gasteiger partial charge in [0.05, 0.1) is 17.2 Å². The second-order valence-corrected chi connectivity index (χ2v) is 8.25. The molecular weight excluding hydrogens is 422 g/mol. The van der Waals surface area contributed by atoms with Crippen LogP contribution in [0.15, 0.2) is 46.6 Å². The number of ether oxygens (including phenoxy) is 3. The molecule has 0 spiro atoms. The summed E-state index contributed by atoms with van der Waals surface area (Å²) in [7, 11) is 0. The fourth-order valence-corrected chi connectivity index (χ4v) is 4.17. The molecule has 1 atom stereocenters. The summed E-state index contributed by atoms with van der Waals surface area (Å²) in [6.07, 6.45) is 4.25. The second-order valence-electron chi connectivity index (χ2n) is 7.33. The van der Waals surface area contributed by atoms with Gasteiger partial charge in [0.25, 0.3) is 0 Å². The van der Waals surface area contributed by atoms with E-state index in [0.717, 1.165) is 47.3 Å². The molecule has 2 aromatic rings. The summed E-state index contributed by atoms with van der Waals surface area (Å²) < 4.78 is 18.7. The average Bonchev–Trinajstić information content (AvgIpc) is 3.32. The van der Waals surface area contributed by atoms with Gasteiger partial charge in [-0.25, -0.2) is 0 Å². The lowest BCUT2D eigenvalue weighted by atomic mass is 10.0. The second kappa shape index (κ2) is 7.35. The third kappa shape index (κ3) is 3.36. The first kappa shape index (κ1) is 17.9. The van der Waals surface area contributed by atoms with E-state index in [-0.39, 0.29) is 11.9 Å². The Balaban J connectivity index is 1.41. The van der Waals surface area contributed by atoms with E-state index in [9.17, 15) is 4.79 Å². The zero-order chi connectivity index (χ0) is 19.1. The smallest absolute Gasteiger partial charge is 0.231 e. The molecule has 0 amide bonds. The summed E-state index contributed by atoms with van der Waals surface area (Å²) in [4.78, 5) is 15.0. The molecule has 0 saturated carbocycles. The Labute approximate surface area is 172 Å². The number of hydrogen-bond donors (Lipinski definition) is 0. The van der Waals surface area contributed by atoms with Gasteiger partial charge in [0.15, 0.2) is 5.76 Å². The monoisotopic (exact) mass is 441 g/mol. The molecule has 28 heavy (non-hydrogen) atoms. The first-order valence-electron chi connectivity index (χ1n) is 9.50. The molecule has 6 heteroatoms. The Bertz CT molecular complexity index is 948. The van der Waals surface area contributed by atoms with E-state index in [0.29, 0.717) is 30.3 Å². The highest BCUT2D eigenvalue weighted by atomic mass is 79.9. The topological polar surface area (TPSA) is 48.0 Å². The quantitative estimate of drug-likeness (QED) is 0.660. The molecule has 3 heterocycles. The zero-order valence-corrected chi connectivity index (χ0v) is 16.9. The van der Waals surface area contributed by atoms with Gasteiger partial charge in [0, 0.05) is 24.2 Å². The fourth-order valence-electron chi connectivity index (χ4n) is 3.91. The molecule has 5 rings (SSSR count). The number of Topliss-reactive ketones (excluding diaryl/α,β-unsaturated/α-hetero) is 1. The molecule has 3 aliphatic heterocycles. The van der Waals surface area contributed by atoms with Gasteiger partial charge < -0.3 is 14.2 Å². The summed E-state index contributed by atoms with van der Waals surface area (Å²) in [6.45, 7) is 2.89. The predicted molar refractivity (Wildman–Crippen MR) is 108 cm³/mol. The van der Waals surface area contributed by atoms with Crippen LogP contribution in [-0.2, 0) is 11.3 Å². The Kier molecular flexibility index (Phi) is 4.70. The highest BCUT2D eigenvalue weighted by Crippen LogP contribution is 2.42. The first-order valence-corrected chi connectivity index (χ1v) is 10.3. The number of halogens is 1. The van der Waals surface area contributed by atoms with Crippen molar-refractivity contribution in [2.75, 3.05) is 19.9 Å². The lowest BCUT2D eigenvalue weighted by molar-refractivity contribution is 0.0274. The van der Waals surface area contributed by atoms with Crippen molar-refractivity contribution in [3.63, 3.8) is 0 Å². The van der Waals surface area contributed by atoms with E-state index >= 15 is 0 Å². The van der Waals surface area contributed by atoms with Gasteiger partial charge in [0.2, 0.25) is 5.78 Å². The Morgan fingerprint density at radius 2 is 2.04 bits per heavy atom. The molecular formula is C22H20BrNO4. The molecule has 0 aliphatic carbocycles. The highest BCUT2D eigenvalue weighted by molar-refractivity contribution is 9.10. The van der Waals surface area contributed by atoms with E-state index in [1.54, 1.807) is 12.1 Å². The third-order valence-corrected chi connectivity index (χ3v) is 5.86. The minimum Gasteiger partial charge on any atom is -0.478 e. The van der Waals surface area contributed by atoms with Crippen LogP contribution >= 0.6 is 15.9 Å². The van der Waals surface area contributed by atoms with Crippen LogP contribution in [0.5, 0.6) is 11.5 Å². The van der Waals surface area contributed by atoms with Crippen LogP contribution in [0.2, 0.25) is 0 Å². The molecule has 0 aromatic heterocycles. The van der Waals surface area contributed by atoms with Crippen molar-refractivity contribution < 1.29 is 19.0 Å². The van der Waals surface area contributed by atoms with E-state index in [1.807, 2.05) is 30.3 Å². The Morgan fingerprint density at radius 1 is 1.18 bits per heavy atom. The average molecular weight is 442 g/mol. The number of rotatable bonds is 3. The normalized spacial score (nSPS) is 22.7. The van der Waals surface area contributed by atoms with Gasteiger partial charge in [-0.2, -0.15) is 0 Å². The summed E-state index contributed by atoms with van der Waals surface area (Å²) in [5, 5.41) is 0. The number of carbonyl (C=O) groups is 1. The lowest BCUT2D eigenvalue weighted by Crippen LogP contribution is -2.37. The maximum absolute atomic E-state index is 12.8. The molecule has 1 saturated heterocycles. The van der Waals surface area contributed by atoms with Crippen LogP contribution in [0.25, 0.3) is 6.08 Å². The predicted octanol–water partition coefficient (Wildman–Crippen LogP) is 4.40. The first-order chi connectivity index (χ1) is 13.7. The van der Waals surface area contributed by atoms with Crippen molar-refractivity contribution in [2.45, 2.75) is 25.5 Å². The molecule has 1 unspecified atom stereocenters. The van der Waals surface area contributed by atoms with Gasteiger partial charge in [-0.05, 0) is 48.7 Å². The van der Waals surface area contributed by atoms with Crippen molar-refractivity contribution >= 4 is 27.8 Å². The van der Waals surface area contributed by atoms with Crippen LogP contribution in [0, 0.1) is 0 Å². The number of hydrogen-bond acceptors (Lipinski definition) is 5. The van der Waals surface area contributed by atoms with Crippen molar-refractivity contribution in [1.82, 2.24) is 4.90 Å². The number of allylic oxidation sites excluding steroid dienone is 1. The molecule has 2 aromatic carbocycles. The largest absolute Gasteiger partial charge is 0.478 e. The molecule has 144 valence electrons. The lowest BCUT2D eigenvalue weighted by Gasteiger charge is -2.31. The van der Waals surface area contributed by atoms with Crippen LogP contribution in [0.3, 0.4) is 0 Å². The minimum atomic E-state index is -0.0861. The Morgan fingerprint density at radius 3 is 2.82 bits per heavy atom. The van der Waals surface area contributed by atoms with Crippen LogP contribution in [0.4, 0.5) is 0 Å². The number of nitrogens with zero attached hydrogens (tertiary/aromatic N) is 1. The van der Waals surface area contributed by atoms with Gasteiger partial charge >= 0.3 is 0 Å². The highest BCUT2D eigenvalue weighted by Gasteiger charge is 2.34. The minimum absolute atomic E-state index is 0.0861. The maximum Gasteiger partial charge on any atom is 0.231 e. The van der Waals surface area contributed by atoms with E-state index < -0.39 is 0 Å². The standard InChI is InChI=1S/C22H20BrNO4/c23-15-5-3-14(4-6-15)10-20-21(25)17-7-8-19-18(22(17)28-20)12-24(13-27-19)11-16-2-1-9-26-16/h3-8,10,16H,1-2,9,11-13H2/b20-10-. The molecule has 0 N–H and O–H groups in total. The number of carbonyl (C=O) groups excluding carboxylic acids is 1. The van der Waals surface area contributed by atoms with Crippen LogP contribution in [-0.4, -0.2) is 36.7 Å². The molecule has 1 fully saturated rings. The molecule has 5 nitrogen and oxygen atoms in total. The van der Waals surface area contributed by atoms with Crippen molar-refractivity contribution in [1.29, 1.82) is 0 Å². The number of ketones is 1. The summed E-state index contributed by atoms with van der Waals surface area (Å²) in [5.74, 6) is 1.68. The zero-order valence-electron chi connectivity index (χ0n) is 15.3. The number of fused-ring (bicyclic) bond motifs is 3.